The van der Waals surface area contributed by atoms with Gasteiger partial charge < -0.3 is 11.1 Å². The van der Waals surface area contributed by atoms with Crippen LogP contribution in [0.3, 0.4) is 0 Å². The zero-order valence-corrected chi connectivity index (χ0v) is 10.7. The van der Waals surface area contributed by atoms with E-state index in [0.29, 0.717) is 10.8 Å². The molecule has 0 amide bonds. The van der Waals surface area contributed by atoms with Gasteiger partial charge in [-0.1, -0.05) is 0 Å². The predicted molar refractivity (Wildman–Crippen MR) is 68.7 cm³/mol. The fraction of sp³-hybridized carbons (Fsp3) is 0.500. The Balaban J connectivity index is 1.93. The molecule has 0 bridgehead atoms. The zero-order valence-electron chi connectivity index (χ0n) is 9.89. The minimum Gasteiger partial charge on any atom is -0.383 e. The molecule has 0 aliphatic heterocycles. The Morgan fingerprint density at radius 1 is 1.35 bits per heavy atom. The molecular formula is C12H18N2O2S. The summed E-state index contributed by atoms with van der Waals surface area (Å²) in [5, 5.41) is 3.22. The molecule has 5 heteroatoms. The van der Waals surface area contributed by atoms with E-state index in [9.17, 15) is 8.42 Å². The average molecular weight is 254 g/mol. The lowest BCUT2D eigenvalue weighted by atomic mass is 10.2. The van der Waals surface area contributed by atoms with E-state index in [-0.39, 0.29) is 6.04 Å². The molecule has 94 valence electrons. The molecule has 1 aromatic carbocycles. The van der Waals surface area contributed by atoms with Crippen molar-refractivity contribution in [3.8, 4) is 0 Å². The molecule has 1 aromatic rings. The predicted octanol–water partition coefficient (Wildman–Crippen LogP) is 1.24. The summed E-state index contributed by atoms with van der Waals surface area (Å²) in [7, 11) is -3.11. The molecule has 3 N–H and O–H groups in total. The topological polar surface area (TPSA) is 72.2 Å². The number of hydrogen-bond donors (Lipinski definition) is 2. The standard InChI is InChI=1S/C12H18N2O2S/c1-17(15,16)11-6-4-10(5-7-11)14-8-12(13)9-2-3-9/h4-7,9,12,14H,2-3,8,13H2,1H3. The van der Waals surface area contributed by atoms with Gasteiger partial charge in [0.15, 0.2) is 9.84 Å². The van der Waals surface area contributed by atoms with Crippen LogP contribution < -0.4 is 11.1 Å². The molecule has 1 atom stereocenters. The van der Waals surface area contributed by atoms with Gasteiger partial charge in [-0.3, -0.25) is 0 Å². The fourth-order valence-electron chi connectivity index (χ4n) is 1.75. The van der Waals surface area contributed by atoms with Gasteiger partial charge in [-0.05, 0) is 43.0 Å². The van der Waals surface area contributed by atoms with Gasteiger partial charge in [0.1, 0.15) is 0 Å². The van der Waals surface area contributed by atoms with Gasteiger partial charge in [0, 0.05) is 24.5 Å². The first-order chi connectivity index (χ1) is 7.97. The maximum atomic E-state index is 11.3. The van der Waals surface area contributed by atoms with Crippen molar-refractivity contribution in [2.45, 2.75) is 23.8 Å². The van der Waals surface area contributed by atoms with Crippen molar-refractivity contribution in [3.05, 3.63) is 24.3 Å². The number of anilines is 1. The first kappa shape index (κ1) is 12.4. The second-order valence-corrected chi connectivity index (χ2v) is 6.69. The minimum atomic E-state index is -3.11. The van der Waals surface area contributed by atoms with Crippen LogP contribution >= 0.6 is 0 Å². The Hall–Kier alpha value is -1.07. The number of rotatable bonds is 5. The quantitative estimate of drug-likeness (QED) is 0.829. The van der Waals surface area contributed by atoms with Gasteiger partial charge >= 0.3 is 0 Å². The molecule has 1 aliphatic rings. The van der Waals surface area contributed by atoms with E-state index in [4.69, 9.17) is 5.73 Å². The van der Waals surface area contributed by atoms with E-state index in [2.05, 4.69) is 5.32 Å². The fourth-order valence-corrected chi connectivity index (χ4v) is 2.38. The van der Waals surface area contributed by atoms with Crippen molar-refractivity contribution in [1.82, 2.24) is 0 Å². The smallest absolute Gasteiger partial charge is 0.175 e. The molecule has 0 aromatic heterocycles. The Bertz CT molecular complexity index is 478. The van der Waals surface area contributed by atoms with E-state index in [0.717, 1.165) is 12.2 Å². The minimum absolute atomic E-state index is 0.199. The highest BCUT2D eigenvalue weighted by molar-refractivity contribution is 7.90. The van der Waals surface area contributed by atoms with Gasteiger partial charge in [-0.2, -0.15) is 0 Å². The van der Waals surface area contributed by atoms with Crippen LogP contribution in [0.5, 0.6) is 0 Å². The third-order valence-corrected chi connectivity index (χ3v) is 4.18. The summed E-state index contributed by atoms with van der Waals surface area (Å²) in [5.74, 6) is 0.665. The highest BCUT2D eigenvalue weighted by Crippen LogP contribution is 2.31. The molecule has 0 radical (unpaired) electrons. The molecular weight excluding hydrogens is 236 g/mol. The average Bonchev–Trinajstić information content (AvgIpc) is 3.09. The summed E-state index contributed by atoms with van der Waals surface area (Å²) in [6, 6.07) is 6.97. The van der Waals surface area contributed by atoms with Crippen LogP contribution in [0.25, 0.3) is 0 Å². The van der Waals surface area contributed by atoms with Gasteiger partial charge in [0.05, 0.1) is 4.90 Å². The molecule has 0 spiro atoms. The summed E-state index contributed by atoms with van der Waals surface area (Å²) in [4.78, 5) is 0.342. The summed E-state index contributed by atoms with van der Waals surface area (Å²) in [5.41, 5.74) is 6.88. The summed E-state index contributed by atoms with van der Waals surface area (Å²) < 4.78 is 22.5. The third kappa shape index (κ3) is 3.44. The summed E-state index contributed by atoms with van der Waals surface area (Å²) >= 11 is 0. The Morgan fingerprint density at radius 2 is 1.94 bits per heavy atom. The van der Waals surface area contributed by atoms with Crippen LogP contribution in [-0.2, 0) is 9.84 Å². The number of nitrogens with two attached hydrogens (primary N) is 1. The highest BCUT2D eigenvalue weighted by Gasteiger charge is 2.27. The van der Waals surface area contributed by atoms with Gasteiger partial charge in [0.25, 0.3) is 0 Å². The van der Waals surface area contributed by atoms with E-state index in [1.54, 1.807) is 24.3 Å². The Morgan fingerprint density at radius 3 is 2.41 bits per heavy atom. The normalized spacial score (nSPS) is 17.8. The number of sulfone groups is 1. The molecule has 1 aliphatic carbocycles. The lowest BCUT2D eigenvalue weighted by Gasteiger charge is -2.12. The Kier molecular flexibility index (Phi) is 3.40. The van der Waals surface area contributed by atoms with Crippen molar-refractivity contribution in [3.63, 3.8) is 0 Å². The number of hydrogen-bond acceptors (Lipinski definition) is 4. The summed E-state index contributed by atoms with van der Waals surface area (Å²) in [6.07, 6.45) is 3.67. The molecule has 17 heavy (non-hydrogen) atoms. The van der Waals surface area contributed by atoms with Crippen molar-refractivity contribution >= 4 is 15.5 Å². The second-order valence-electron chi connectivity index (χ2n) is 4.68. The maximum Gasteiger partial charge on any atom is 0.175 e. The molecule has 1 unspecified atom stereocenters. The number of nitrogens with one attached hydrogen (secondary N) is 1. The largest absolute Gasteiger partial charge is 0.383 e. The molecule has 0 saturated heterocycles. The van der Waals surface area contributed by atoms with Crippen LogP contribution in [0.15, 0.2) is 29.2 Å². The van der Waals surface area contributed by atoms with Crippen LogP contribution in [0.4, 0.5) is 5.69 Å². The van der Waals surface area contributed by atoms with Crippen LogP contribution in [-0.4, -0.2) is 27.3 Å². The van der Waals surface area contributed by atoms with Gasteiger partial charge in [-0.25, -0.2) is 8.42 Å². The lowest BCUT2D eigenvalue weighted by Crippen LogP contribution is -2.31. The first-order valence-corrected chi connectivity index (χ1v) is 7.65. The molecule has 0 heterocycles. The van der Waals surface area contributed by atoms with E-state index in [1.165, 1.54) is 19.1 Å². The van der Waals surface area contributed by atoms with Gasteiger partial charge in [0.2, 0.25) is 0 Å². The van der Waals surface area contributed by atoms with Crippen LogP contribution in [0, 0.1) is 5.92 Å². The first-order valence-electron chi connectivity index (χ1n) is 5.76. The molecule has 1 fully saturated rings. The highest BCUT2D eigenvalue weighted by atomic mass is 32.2. The van der Waals surface area contributed by atoms with E-state index < -0.39 is 9.84 Å². The Labute approximate surface area is 102 Å². The third-order valence-electron chi connectivity index (χ3n) is 3.05. The van der Waals surface area contributed by atoms with Crippen molar-refractivity contribution in [2.24, 2.45) is 11.7 Å². The molecule has 1 saturated carbocycles. The van der Waals surface area contributed by atoms with Crippen LogP contribution in [0.1, 0.15) is 12.8 Å². The SMILES string of the molecule is CS(=O)(=O)c1ccc(NCC(N)C2CC2)cc1. The van der Waals surface area contributed by atoms with Crippen molar-refractivity contribution < 1.29 is 8.42 Å². The monoisotopic (exact) mass is 254 g/mol. The van der Waals surface area contributed by atoms with Crippen molar-refractivity contribution in [2.75, 3.05) is 18.1 Å². The maximum absolute atomic E-state index is 11.3. The molecule has 2 rings (SSSR count). The van der Waals surface area contributed by atoms with E-state index >= 15 is 0 Å². The molecule has 4 nitrogen and oxygen atoms in total. The zero-order chi connectivity index (χ0) is 12.5. The van der Waals surface area contributed by atoms with Crippen LogP contribution in [0.2, 0.25) is 0 Å². The van der Waals surface area contributed by atoms with Crippen molar-refractivity contribution in [1.29, 1.82) is 0 Å². The van der Waals surface area contributed by atoms with Gasteiger partial charge in [-0.15, -0.1) is 0 Å². The summed E-state index contributed by atoms with van der Waals surface area (Å²) in [6.45, 7) is 0.739. The van der Waals surface area contributed by atoms with E-state index in [1.807, 2.05) is 0 Å². The second kappa shape index (κ2) is 4.66. The number of benzene rings is 1. The lowest BCUT2D eigenvalue weighted by molar-refractivity contribution is 0.602.